The molecule has 0 unspecified atom stereocenters. The highest BCUT2D eigenvalue weighted by atomic mass is 32.2. The van der Waals surface area contributed by atoms with Crippen LogP contribution in [0.25, 0.3) is 0 Å². The van der Waals surface area contributed by atoms with Gasteiger partial charge in [-0.15, -0.1) is 11.8 Å². The van der Waals surface area contributed by atoms with Crippen LogP contribution in [-0.4, -0.2) is 10.7 Å². The molecule has 0 spiro atoms. The molecule has 0 aliphatic heterocycles. The minimum atomic E-state index is -4.77. The van der Waals surface area contributed by atoms with E-state index in [0.717, 1.165) is 6.07 Å². The number of hydrogen-bond acceptors (Lipinski definition) is 4. The molecular formula is C9H5F3N2O2S. The van der Waals surface area contributed by atoms with E-state index in [1.54, 1.807) is 6.07 Å². The van der Waals surface area contributed by atoms with Gasteiger partial charge in [-0.05, 0) is 6.07 Å². The maximum absolute atomic E-state index is 12.7. The van der Waals surface area contributed by atoms with Gasteiger partial charge < -0.3 is 0 Å². The number of halogens is 3. The van der Waals surface area contributed by atoms with E-state index in [9.17, 15) is 23.3 Å². The van der Waals surface area contributed by atoms with Crippen LogP contribution in [0.3, 0.4) is 0 Å². The first-order valence-corrected chi connectivity index (χ1v) is 5.12. The van der Waals surface area contributed by atoms with Gasteiger partial charge in [-0.2, -0.15) is 18.4 Å². The van der Waals surface area contributed by atoms with Crippen molar-refractivity contribution in [3.63, 3.8) is 0 Å². The fraction of sp³-hybridized carbons (Fsp3) is 0.222. The Hall–Kier alpha value is -1.75. The van der Waals surface area contributed by atoms with E-state index in [4.69, 9.17) is 6.63 Å². The first kappa shape index (κ1) is 11.7. The third-order valence-corrected chi connectivity index (χ3v) is 2.67. The molecule has 8 heteroatoms. The summed E-state index contributed by atoms with van der Waals surface area (Å²) in [5.74, 6) is -0.368. The lowest BCUT2D eigenvalue weighted by Gasteiger charge is -2.11. The van der Waals surface area contributed by atoms with Gasteiger partial charge in [0.05, 0.1) is 28.6 Å². The molecule has 0 aliphatic rings. The van der Waals surface area contributed by atoms with Gasteiger partial charge in [-0.1, -0.05) is 6.07 Å². The number of nitrogens with zero attached hydrogens (tertiary/aromatic N) is 2. The zero-order valence-corrected chi connectivity index (χ0v) is 8.93. The molecule has 0 radical (unpaired) electrons. The summed E-state index contributed by atoms with van der Waals surface area (Å²) in [6.45, 7) is 0. The molecule has 0 aliphatic carbocycles. The number of benzene rings is 1. The van der Waals surface area contributed by atoms with E-state index >= 15 is 0 Å². The van der Waals surface area contributed by atoms with Gasteiger partial charge in [-0.25, -0.2) is 0 Å². The van der Waals surface area contributed by atoms with Crippen molar-refractivity contribution in [2.75, 3.05) is 5.75 Å². The second-order valence-electron chi connectivity index (χ2n) is 2.77. The molecule has 0 fully saturated rings. The Labute approximate surface area is 99.6 Å². The minimum Gasteiger partial charge on any atom is -0.258 e. The van der Waals surface area contributed by atoms with Gasteiger partial charge in [0.25, 0.3) is 5.69 Å². The van der Waals surface area contributed by atoms with Crippen molar-refractivity contribution in [1.29, 1.82) is 5.26 Å². The molecule has 1 aromatic rings. The smallest absolute Gasteiger partial charge is 0.258 e. The lowest BCUT2D eigenvalue weighted by atomic mass is 10.2. The zero-order valence-electron chi connectivity index (χ0n) is 9.11. The van der Waals surface area contributed by atoms with Crippen molar-refractivity contribution in [2.45, 2.75) is 11.1 Å². The van der Waals surface area contributed by atoms with Crippen LogP contribution < -0.4 is 0 Å². The molecule has 1 aromatic carbocycles. The summed E-state index contributed by atoms with van der Waals surface area (Å²) in [4.78, 5) is 8.97. The summed E-state index contributed by atoms with van der Waals surface area (Å²) in [5.41, 5.74) is -2.13. The predicted molar refractivity (Wildman–Crippen MR) is 54.4 cm³/mol. The highest BCUT2D eigenvalue weighted by Crippen LogP contribution is 2.41. The molecule has 0 saturated heterocycles. The van der Waals surface area contributed by atoms with Crippen molar-refractivity contribution in [1.82, 2.24) is 0 Å². The maximum Gasteiger partial charge on any atom is 0.417 e. The van der Waals surface area contributed by atoms with Crippen molar-refractivity contribution in [2.24, 2.45) is 0 Å². The van der Waals surface area contributed by atoms with Crippen molar-refractivity contribution < 1.29 is 19.5 Å². The predicted octanol–water partition coefficient (Wildman–Crippen LogP) is 3.23. The second-order valence-corrected chi connectivity index (χ2v) is 3.76. The molecule has 0 atom stereocenters. The average molecular weight is 263 g/mol. The van der Waals surface area contributed by atoms with Gasteiger partial charge in [0, 0.05) is 6.04 Å². The summed E-state index contributed by atoms with van der Waals surface area (Å²) < 4.78 is 45.3. The molecule has 0 amide bonds. The zero-order chi connectivity index (χ0) is 13.9. The Morgan fingerprint density at radius 2 is 2.29 bits per heavy atom. The summed E-state index contributed by atoms with van der Waals surface area (Å²) in [7, 11) is 0. The van der Waals surface area contributed by atoms with E-state index in [0.29, 0.717) is 17.8 Å². The summed E-state index contributed by atoms with van der Waals surface area (Å²) in [5, 5.41) is 19.1. The third kappa shape index (κ3) is 3.10. The summed E-state index contributed by atoms with van der Waals surface area (Å²) >= 11 is 0.400. The van der Waals surface area contributed by atoms with Crippen LogP contribution in [0.2, 0.25) is 0 Å². The van der Waals surface area contributed by atoms with Crippen LogP contribution in [0.1, 0.15) is 6.93 Å². The van der Waals surface area contributed by atoms with E-state index in [-0.39, 0.29) is 5.75 Å². The molecule has 0 bridgehead atoms. The van der Waals surface area contributed by atoms with E-state index in [1.165, 1.54) is 0 Å². The highest BCUT2D eigenvalue weighted by molar-refractivity contribution is 7.99. The van der Waals surface area contributed by atoms with E-state index in [2.05, 4.69) is 0 Å². The molecule has 0 aromatic heterocycles. The van der Waals surface area contributed by atoms with Crippen LogP contribution in [0, 0.1) is 21.4 Å². The first-order valence-electron chi connectivity index (χ1n) is 4.64. The SMILES string of the molecule is [2H]c1ccc(C(F)(F)F)c(SCC#N)c1[N+](=O)[O-]. The van der Waals surface area contributed by atoms with Gasteiger partial charge in [0.1, 0.15) is 0 Å². The highest BCUT2D eigenvalue weighted by Gasteiger charge is 2.36. The molecule has 0 saturated carbocycles. The Balaban J connectivity index is 3.50. The van der Waals surface area contributed by atoms with Crippen molar-refractivity contribution in [3.8, 4) is 6.07 Å². The van der Waals surface area contributed by atoms with Crippen LogP contribution in [-0.2, 0) is 6.18 Å². The van der Waals surface area contributed by atoms with Gasteiger partial charge in [0.15, 0.2) is 0 Å². The van der Waals surface area contributed by atoms with Crippen LogP contribution in [0.15, 0.2) is 23.1 Å². The van der Waals surface area contributed by atoms with Crippen molar-refractivity contribution in [3.05, 3.63) is 33.9 Å². The number of nitro benzene ring substituents is 1. The third-order valence-electron chi connectivity index (χ3n) is 1.70. The molecule has 0 heterocycles. The van der Waals surface area contributed by atoms with Crippen LogP contribution in [0.4, 0.5) is 18.9 Å². The Morgan fingerprint density at radius 3 is 2.76 bits per heavy atom. The number of nitro groups is 1. The van der Waals surface area contributed by atoms with Gasteiger partial charge in [0.2, 0.25) is 0 Å². The molecule has 0 N–H and O–H groups in total. The standard InChI is InChI=1S/C9H5F3N2O2S/c10-9(11,12)6-2-1-3-7(14(15)16)8(6)17-5-4-13/h1-3H,5H2/i3D. The average Bonchev–Trinajstić information content (AvgIpc) is 2.23. The summed E-state index contributed by atoms with van der Waals surface area (Å²) in [6, 6.07) is 2.30. The molecular weight excluding hydrogens is 257 g/mol. The topological polar surface area (TPSA) is 66.9 Å². The fourth-order valence-electron chi connectivity index (χ4n) is 1.08. The molecule has 4 nitrogen and oxygen atoms in total. The largest absolute Gasteiger partial charge is 0.417 e. The van der Waals surface area contributed by atoms with Gasteiger partial charge in [-0.3, -0.25) is 10.1 Å². The number of rotatable bonds is 3. The Morgan fingerprint density at radius 1 is 1.65 bits per heavy atom. The number of alkyl halides is 3. The van der Waals surface area contributed by atoms with Crippen molar-refractivity contribution >= 4 is 17.4 Å². The minimum absolute atomic E-state index is 0.368. The molecule has 17 heavy (non-hydrogen) atoms. The van der Waals surface area contributed by atoms with E-state index in [1.807, 2.05) is 0 Å². The quantitative estimate of drug-likeness (QED) is 0.477. The number of thioether (sulfide) groups is 1. The first-order chi connectivity index (χ1) is 8.29. The molecule has 1 rings (SSSR count). The lowest BCUT2D eigenvalue weighted by molar-refractivity contribution is -0.388. The monoisotopic (exact) mass is 263 g/mol. The molecule has 90 valence electrons. The van der Waals surface area contributed by atoms with Crippen LogP contribution >= 0.6 is 11.8 Å². The van der Waals surface area contributed by atoms with E-state index < -0.39 is 33.3 Å². The fourth-order valence-corrected chi connectivity index (χ4v) is 1.90. The lowest BCUT2D eigenvalue weighted by Crippen LogP contribution is -2.08. The maximum atomic E-state index is 12.7. The normalized spacial score (nSPS) is 11.8. The van der Waals surface area contributed by atoms with Gasteiger partial charge >= 0.3 is 6.18 Å². The second kappa shape index (κ2) is 5.05. The summed E-state index contributed by atoms with van der Waals surface area (Å²) in [6.07, 6.45) is -4.77. The van der Waals surface area contributed by atoms with Crippen LogP contribution in [0.5, 0.6) is 0 Å². The number of nitriles is 1. The number of hydrogen-bond donors (Lipinski definition) is 0. The Kier molecular flexibility index (Phi) is 3.49. The Bertz CT molecular complexity index is 528.